The number of rotatable bonds is 1. The van der Waals surface area contributed by atoms with Gasteiger partial charge in [-0.05, 0) is 11.8 Å². The van der Waals surface area contributed by atoms with Crippen molar-refractivity contribution in [2.75, 3.05) is 0 Å². The van der Waals surface area contributed by atoms with E-state index >= 15 is 0 Å². The van der Waals surface area contributed by atoms with Crippen molar-refractivity contribution in [1.82, 2.24) is 0 Å². The number of hydrogen-bond acceptors (Lipinski definition) is 1. The summed E-state index contributed by atoms with van der Waals surface area (Å²) < 4.78 is 0. The Morgan fingerprint density at radius 3 is 1.67 bits per heavy atom. The maximum atomic E-state index is 5.75. The quantitative estimate of drug-likeness (QED) is 0.611. The highest BCUT2D eigenvalue weighted by Gasteiger charge is 2.17. The molecule has 0 amide bonds. The minimum absolute atomic E-state index is 0. The second kappa shape index (κ2) is 4.13. The zero-order valence-corrected chi connectivity index (χ0v) is 7.59. The van der Waals surface area contributed by atoms with Crippen LogP contribution in [0.3, 0.4) is 0 Å². The van der Waals surface area contributed by atoms with Crippen LogP contribution in [-0.4, -0.2) is 6.04 Å². The van der Waals surface area contributed by atoms with Gasteiger partial charge in [0.25, 0.3) is 0 Å². The first-order chi connectivity index (χ1) is 3.48. The average molecular weight is 152 g/mol. The minimum atomic E-state index is 0. The third-order valence-electron chi connectivity index (χ3n) is 1.55. The van der Waals surface area contributed by atoms with Gasteiger partial charge in [-0.1, -0.05) is 27.7 Å². The first-order valence-corrected chi connectivity index (χ1v) is 3.24. The Labute approximate surface area is 64.4 Å². The molecule has 2 N–H and O–H groups in total. The molecule has 0 unspecified atom stereocenters. The van der Waals surface area contributed by atoms with E-state index in [-0.39, 0.29) is 17.8 Å². The predicted octanol–water partition coefficient (Wildman–Crippen LogP) is 2.19. The number of halogens is 1. The molecule has 0 aromatic rings. The SMILES string of the molecule is CC[C@@H](N)C(C)(C)C.Cl. The van der Waals surface area contributed by atoms with E-state index in [1.807, 2.05) is 0 Å². The third kappa shape index (κ3) is 4.73. The highest BCUT2D eigenvalue weighted by Crippen LogP contribution is 2.18. The van der Waals surface area contributed by atoms with Crippen LogP contribution < -0.4 is 5.73 Å². The van der Waals surface area contributed by atoms with E-state index in [1.54, 1.807) is 0 Å². The fourth-order valence-electron chi connectivity index (χ4n) is 0.612. The molecule has 0 saturated heterocycles. The fraction of sp³-hybridized carbons (Fsp3) is 1.00. The molecule has 0 radical (unpaired) electrons. The highest BCUT2D eigenvalue weighted by molar-refractivity contribution is 5.85. The lowest BCUT2D eigenvalue weighted by atomic mass is 9.86. The Morgan fingerprint density at radius 1 is 1.33 bits per heavy atom. The zero-order chi connectivity index (χ0) is 6.78. The summed E-state index contributed by atoms with van der Waals surface area (Å²) in [7, 11) is 0. The molecule has 0 saturated carbocycles. The fourth-order valence-corrected chi connectivity index (χ4v) is 0.612. The lowest BCUT2D eigenvalue weighted by Gasteiger charge is -2.25. The first kappa shape index (κ1) is 12.0. The average Bonchev–Trinajstić information content (AvgIpc) is 1.62. The van der Waals surface area contributed by atoms with Crippen LogP contribution in [0.15, 0.2) is 0 Å². The lowest BCUT2D eigenvalue weighted by Crippen LogP contribution is -2.33. The van der Waals surface area contributed by atoms with Crippen LogP contribution in [0.1, 0.15) is 34.1 Å². The van der Waals surface area contributed by atoms with Crippen LogP contribution in [0.4, 0.5) is 0 Å². The Hall–Kier alpha value is 0.250. The summed E-state index contributed by atoms with van der Waals surface area (Å²) in [4.78, 5) is 0. The number of nitrogens with two attached hydrogens (primary N) is 1. The van der Waals surface area contributed by atoms with E-state index < -0.39 is 0 Å². The molecule has 2 heteroatoms. The van der Waals surface area contributed by atoms with Gasteiger partial charge in [-0.2, -0.15) is 0 Å². The molecule has 1 atom stereocenters. The molecular weight excluding hydrogens is 134 g/mol. The maximum absolute atomic E-state index is 5.75. The van der Waals surface area contributed by atoms with E-state index in [1.165, 1.54) is 0 Å². The summed E-state index contributed by atoms with van der Waals surface area (Å²) in [6, 6.07) is 0.350. The summed E-state index contributed by atoms with van der Waals surface area (Å²) in [5.74, 6) is 0. The minimum Gasteiger partial charge on any atom is -0.327 e. The molecule has 58 valence electrons. The Morgan fingerprint density at radius 2 is 1.67 bits per heavy atom. The van der Waals surface area contributed by atoms with Crippen molar-refractivity contribution in [1.29, 1.82) is 0 Å². The van der Waals surface area contributed by atoms with Gasteiger partial charge < -0.3 is 5.73 Å². The van der Waals surface area contributed by atoms with Crippen LogP contribution in [0.2, 0.25) is 0 Å². The van der Waals surface area contributed by atoms with Gasteiger partial charge in [0.05, 0.1) is 0 Å². The van der Waals surface area contributed by atoms with Crippen LogP contribution in [0, 0.1) is 5.41 Å². The molecule has 0 fully saturated rings. The van der Waals surface area contributed by atoms with Gasteiger partial charge in [0.15, 0.2) is 0 Å². The third-order valence-corrected chi connectivity index (χ3v) is 1.55. The van der Waals surface area contributed by atoms with Crippen molar-refractivity contribution < 1.29 is 0 Å². The highest BCUT2D eigenvalue weighted by atomic mass is 35.5. The number of hydrogen-bond donors (Lipinski definition) is 1. The molecule has 0 rings (SSSR count). The molecule has 0 heterocycles. The monoisotopic (exact) mass is 151 g/mol. The molecule has 0 bridgehead atoms. The van der Waals surface area contributed by atoms with Crippen LogP contribution in [0.5, 0.6) is 0 Å². The van der Waals surface area contributed by atoms with Gasteiger partial charge in [-0.15, -0.1) is 12.4 Å². The normalized spacial score (nSPS) is 14.3. The Balaban J connectivity index is 0. The standard InChI is InChI=1S/C7H17N.ClH/c1-5-6(8)7(2,3)4;/h6H,5,8H2,1-4H3;1H/t6-;/m1./s1. The van der Waals surface area contributed by atoms with Crippen molar-refractivity contribution in [2.24, 2.45) is 11.1 Å². The largest absolute Gasteiger partial charge is 0.327 e. The van der Waals surface area contributed by atoms with Gasteiger partial charge in [-0.25, -0.2) is 0 Å². The molecule has 0 spiro atoms. The van der Waals surface area contributed by atoms with Gasteiger partial charge in [0, 0.05) is 6.04 Å². The summed E-state index contributed by atoms with van der Waals surface area (Å²) in [5, 5.41) is 0. The van der Waals surface area contributed by atoms with Crippen molar-refractivity contribution in [3.05, 3.63) is 0 Å². The van der Waals surface area contributed by atoms with Crippen molar-refractivity contribution in [2.45, 2.75) is 40.2 Å². The molecule has 0 aliphatic heterocycles. The second-order valence-corrected chi connectivity index (χ2v) is 3.38. The Kier molecular flexibility index (Phi) is 5.49. The summed E-state index contributed by atoms with van der Waals surface area (Å²) >= 11 is 0. The predicted molar refractivity (Wildman–Crippen MR) is 45.0 cm³/mol. The second-order valence-electron chi connectivity index (χ2n) is 3.38. The molecule has 0 aliphatic rings. The lowest BCUT2D eigenvalue weighted by molar-refractivity contribution is 0.313. The van der Waals surface area contributed by atoms with Gasteiger partial charge in [0.2, 0.25) is 0 Å². The first-order valence-electron chi connectivity index (χ1n) is 3.24. The van der Waals surface area contributed by atoms with E-state index in [2.05, 4.69) is 27.7 Å². The van der Waals surface area contributed by atoms with E-state index in [0.717, 1.165) is 6.42 Å². The van der Waals surface area contributed by atoms with Gasteiger partial charge in [0.1, 0.15) is 0 Å². The van der Waals surface area contributed by atoms with E-state index in [9.17, 15) is 0 Å². The van der Waals surface area contributed by atoms with Crippen molar-refractivity contribution >= 4 is 12.4 Å². The van der Waals surface area contributed by atoms with Crippen molar-refractivity contribution in [3.63, 3.8) is 0 Å². The van der Waals surface area contributed by atoms with Crippen LogP contribution in [0.25, 0.3) is 0 Å². The molecule has 9 heavy (non-hydrogen) atoms. The van der Waals surface area contributed by atoms with Crippen LogP contribution in [-0.2, 0) is 0 Å². The molecule has 0 aliphatic carbocycles. The summed E-state index contributed by atoms with van der Waals surface area (Å²) in [6.07, 6.45) is 1.07. The summed E-state index contributed by atoms with van der Waals surface area (Å²) in [6.45, 7) is 8.62. The summed E-state index contributed by atoms with van der Waals surface area (Å²) in [5.41, 5.74) is 6.04. The van der Waals surface area contributed by atoms with E-state index in [4.69, 9.17) is 5.73 Å². The molecular formula is C7H18ClN. The molecule has 1 nitrogen and oxygen atoms in total. The van der Waals surface area contributed by atoms with Crippen molar-refractivity contribution in [3.8, 4) is 0 Å². The van der Waals surface area contributed by atoms with Gasteiger partial charge in [-0.3, -0.25) is 0 Å². The smallest absolute Gasteiger partial charge is 0.00850 e. The van der Waals surface area contributed by atoms with Crippen LogP contribution >= 0.6 is 12.4 Å². The molecule has 0 aromatic carbocycles. The molecule has 0 aromatic heterocycles. The Bertz CT molecular complexity index is 65.8. The topological polar surface area (TPSA) is 26.0 Å². The van der Waals surface area contributed by atoms with E-state index in [0.29, 0.717) is 6.04 Å². The zero-order valence-electron chi connectivity index (χ0n) is 6.77. The maximum Gasteiger partial charge on any atom is 0.00850 e. The van der Waals surface area contributed by atoms with Gasteiger partial charge >= 0.3 is 0 Å².